The van der Waals surface area contributed by atoms with Gasteiger partial charge >= 0.3 is 142 Å². The van der Waals surface area contributed by atoms with Crippen LogP contribution in [0.5, 0.6) is 0 Å². The fourth-order valence-electron chi connectivity index (χ4n) is 1.34. The molecule has 0 aromatic heterocycles. The second kappa shape index (κ2) is 21.1. The molecule has 2 unspecified atom stereocenters. The molecule has 0 saturated heterocycles. The molecule has 0 fully saturated rings. The summed E-state index contributed by atoms with van der Waals surface area (Å²) in [6.45, 7) is -0.0404. The van der Waals surface area contributed by atoms with Gasteiger partial charge in [-0.1, -0.05) is 0 Å². The van der Waals surface area contributed by atoms with E-state index in [0.717, 1.165) is 0 Å². The Morgan fingerprint density at radius 2 is 0.875 bits per heavy atom. The van der Waals surface area contributed by atoms with Crippen LogP contribution >= 0.6 is 0 Å². The molecule has 24 heavy (non-hydrogen) atoms. The zero-order chi connectivity index (χ0) is 15.7. The van der Waals surface area contributed by atoms with Crippen LogP contribution in [-0.4, -0.2) is 188 Å². The summed E-state index contributed by atoms with van der Waals surface area (Å²) in [4.78, 5) is 42.2. The summed E-state index contributed by atoms with van der Waals surface area (Å²) in [6, 6.07) is -2.59. The predicted octanol–water partition coefficient (Wildman–Crippen LogP) is -4.57. The Labute approximate surface area is 227 Å². The van der Waals surface area contributed by atoms with Crippen molar-refractivity contribution in [1.82, 2.24) is 10.6 Å². The van der Waals surface area contributed by atoms with Crippen LogP contribution in [0.25, 0.3) is 0 Å². The zero-order valence-electron chi connectivity index (χ0n) is 10.4. The average molecular weight is 388 g/mol. The third kappa shape index (κ3) is 20.1. The maximum atomic E-state index is 10.7. The van der Waals surface area contributed by atoms with Gasteiger partial charge in [-0.25, -0.2) is 0 Å². The van der Waals surface area contributed by atoms with Crippen molar-refractivity contribution >= 4 is 142 Å². The van der Waals surface area contributed by atoms with Crippen molar-refractivity contribution in [3.8, 4) is 0 Å². The van der Waals surface area contributed by atoms with Gasteiger partial charge in [-0.3, -0.25) is 19.2 Å². The molecule has 0 heterocycles. The first-order valence-electron chi connectivity index (χ1n) is 5.60. The summed E-state index contributed by atoms with van der Waals surface area (Å²) in [5.74, 6) is -5.25. The zero-order valence-corrected chi connectivity index (χ0v) is 10.4. The molecular weight excluding hydrogens is 368 g/mol. The molecule has 0 aromatic rings. The molecule has 14 heteroatoms. The van der Waals surface area contributed by atoms with Gasteiger partial charge in [0.05, 0.1) is 12.8 Å². The van der Waals surface area contributed by atoms with Gasteiger partial charge in [0.1, 0.15) is 12.1 Å². The van der Waals surface area contributed by atoms with Gasteiger partial charge in [-0.15, -0.1) is 0 Å². The van der Waals surface area contributed by atoms with Gasteiger partial charge in [-0.2, -0.15) is 0 Å². The topological polar surface area (TPSA) is 173 Å². The summed E-state index contributed by atoms with van der Waals surface area (Å²) < 4.78 is 0. The van der Waals surface area contributed by atoms with E-state index >= 15 is 0 Å². The normalized spacial score (nSPS) is 11.2. The van der Waals surface area contributed by atoms with Crippen LogP contribution in [0.1, 0.15) is 12.8 Å². The second-order valence-electron chi connectivity index (χ2n) is 3.89. The Kier molecular flexibility index (Phi) is 32.3. The predicted molar refractivity (Wildman–Crippen MR) is 92.0 cm³/mol. The minimum absolute atomic E-state index is 0. The molecule has 2 atom stereocenters. The van der Waals surface area contributed by atoms with Crippen molar-refractivity contribution in [2.45, 2.75) is 24.9 Å². The summed E-state index contributed by atoms with van der Waals surface area (Å²) in [7, 11) is 0. The molecule has 0 aliphatic heterocycles. The monoisotopic (exact) mass is 388 g/mol. The molecular formula is C10H20N2Na4O8. The van der Waals surface area contributed by atoms with Crippen LogP contribution in [0.4, 0.5) is 0 Å². The van der Waals surface area contributed by atoms with E-state index in [1.807, 2.05) is 0 Å². The molecule has 0 aliphatic carbocycles. The molecule has 0 amide bonds. The van der Waals surface area contributed by atoms with Gasteiger partial charge in [-0.05, 0) is 0 Å². The molecule has 10 nitrogen and oxygen atoms in total. The van der Waals surface area contributed by atoms with Crippen molar-refractivity contribution in [3.05, 3.63) is 0 Å². The first kappa shape index (κ1) is 36.7. The Hall–Kier alpha value is 1.80. The van der Waals surface area contributed by atoms with Crippen molar-refractivity contribution in [2.75, 3.05) is 13.1 Å². The van der Waals surface area contributed by atoms with Crippen molar-refractivity contribution < 1.29 is 39.6 Å². The summed E-state index contributed by atoms with van der Waals surface area (Å²) in [5, 5.41) is 39.2. The Morgan fingerprint density at radius 1 is 0.625 bits per heavy atom. The van der Waals surface area contributed by atoms with Crippen LogP contribution < -0.4 is 10.6 Å². The second-order valence-corrected chi connectivity index (χ2v) is 3.89. The third-order valence-corrected chi connectivity index (χ3v) is 2.26. The van der Waals surface area contributed by atoms with Gasteiger partial charge in [0.25, 0.3) is 0 Å². The van der Waals surface area contributed by atoms with E-state index < -0.39 is 48.8 Å². The Morgan fingerprint density at radius 3 is 1.04 bits per heavy atom. The van der Waals surface area contributed by atoms with Crippen molar-refractivity contribution in [1.29, 1.82) is 0 Å². The van der Waals surface area contributed by atoms with Crippen molar-refractivity contribution in [3.63, 3.8) is 0 Å². The third-order valence-electron chi connectivity index (χ3n) is 2.26. The fourth-order valence-corrected chi connectivity index (χ4v) is 1.34. The first-order valence-corrected chi connectivity index (χ1v) is 5.60. The Balaban J connectivity index is -0.000000301. The number of nitrogens with one attached hydrogen (secondary N) is 2. The standard InChI is InChI=1S/C10H16N2O8.4Na.4H/c13-7(14)3-5(9(17)18)11-1-2-12-6(10(19)20)4-8(15)16;;;;;;;;/h5-6,11-12H,1-4H2,(H,13,14)(H,15,16)(H,17,18)(H,19,20);;;;;;;;. The molecule has 0 rings (SSSR count). The van der Waals surface area contributed by atoms with E-state index in [0.29, 0.717) is 0 Å². The van der Waals surface area contributed by atoms with E-state index in [-0.39, 0.29) is 131 Å². The molecule has 0 spiro atoms. The van der Waals surface area contributed by atoms with Crippen LogP contribution in [-0.2, 0) is 19.2 Å². The van der Waals surface area contributed by atoms with E-state index in [2.05, 4.69) is 10.6 Å². The van der Waals surface area contributed by atoms with Crippen LogP contribution in [0.2, 0.25) is 0 Å². The van der Waals surface area contributed by atoms with E-state index in [1.165, 1.54) is 0 Å². The van der Waals surface area contributed by atoms with Gasteiger partial charge < -0.3 is 31.1 Å². The summed E-state index contributed by atoms with van der Waals surface area (Å²) >= 11 is 0. The summed E-state index contributed by atoms with van der Waals surface area (Å²) in [6.07, 6.45) is -1.24. The number of carbonyl (C=O) groups is 4. The number of rotatable bonds is 11. The molecule has 0 aliphatic rings. The number of aliphatic carboxylic acids is 4. The van der Waals surface area contributed by atoms with E-state index in [1.54, 1.807) is 0 Å². The summed E-state index contributed by atoms with van der Waals surface area (Å²) in [5.41, 5.74) is 0. The fraction of sp³-hybridized carbons (Fsp3) is 0.600. The van der Waals surface area contributed by atoms with Gasteiger partial charge in [0.15, 0.2) is 0 Å². The first-order chi connectivity index (χ1) is 9.23. The number of carboxylic acids is 4. The van der Waals surface area contributed by atoms with Gasteiger partial charge in [0.2, 0.25) is 0 Å². The van der Waals surface area contributed by atoms with E-state index in [9.17, 15) is 19.2 Å². The molecule has 0 radical (unpaired) electrons. The Bertz CT molecular complexity index is 363. The van der Waals surface area contributed by atoms with Gasteiger partial charge in [0, 0.05) is 13.1 Å². The van der Waals surface area contributed by atoms with Crippen LogP contribution in [0.15, 0.2) is 0 Å². The molecule has 0 aromatic carbocycles. The molecule has 0 bridgehead atoms. The number of carboxylic acid groups (broad SMARTS) is 4. The molecule has 6 N–H and O–H groups in total. The number of hydrogen-bond donors (Lipinski definition) is 6. The number of hydrogen-bond acceptors (Lipinski definition) is 6. The maximum absolute atomic E-state index is 10.7. The average Bonchev–Trinajstić information content (AvgIpc) is 2.29. The SMILES string of the molecule is O=C(O)CC(NCCNC(CC(=O)O)C(=O)O)C(=O)O.[NaH].[NaH].[NaH].[NaH]. The molecule has 0 saturated carbocycles. The quantitative estimate of drug-likeness (QED) is 0.149. The van der Waals surface area contributed by atoms with Crippen LogP contribution in [0.3, 0.4) is 0 Å². The molecule has 122 valence electrons. The van der Waals surface area contributed by atoms with E-state index in [4.69, 9.17) is 20.4 Å². The van der Waals surface area contributed by atoms with Crippen LogP contribution in [0, 0.1) is 0 Å². The minimum atomic E-state index is -1.34. The van der Waals surface area contributed by atoms with Crippen molar-refractivity contribution in [2.24, 2.45) is 0 Å².